The number of nitrogens with zero attached hydrogens (tertiary/aromatic N) is 4. The lowest BCUT2D eigenvalue weighted by Crippen LogP contribution is -2.48. The first-order chi connectivity index (χ1) is 18.6. The predicted octanol–water partition coefficient (Wildman–Crippen LogP) is 6.53. The smallest absolute Gasteiger partial charge is 0.147 e. The van der Waals surface area contributed by atoms with E-state index in [1.807, 2.05) is 38.2 Å². The fourth-order valence-corrected chi connectivity index (χ4v) is 5.55. The molecule has 0 bridgehead atoms. The Bertz CT molecular complexity index is 1500. The summed E-state index contributed by atoms with van der Waals surface area (Å²) in [6, 6.07) is 32.1. The molecule has 0 amide bonds. The zero-order valence-electron chi connectivity index (χ0n) is 21.9. The Labute approximate surface area is 224 Å². The molecule has 0 atom stereocenters. The number of piperazine rings is 1. The molecule has 4 aromatic carbocycles. The van der Waals surface area contributed by atoms with Crippen LogP contribution in [0, 0.1) is 13.8 Å². The maximum absolute atomic E-state index is 10.2. The van der Waals surface area contributed by atoms with Crippen LogP contribution in [-0.2, 0) is 0 Å². The minimum Gasteiger partial charge on any atom is -0.507 e. The summed E-state index contributed by atoms with van der Waals surface area (Å²) in [7, 11) is 0. The topological polar surface area (TPSA) is 52.5 Å². The van der Waals surface area contributed by atoms with E-state index in [0.717, 1.165) is 65.3 Å². The van der Waals surface area contributed by atoms with Gasteiger partial charge < -0.3 is 10.0 Å². The van der Waals surface area contributed by atoms with Crippen LogP contribution >= 0.6 is 0 Å². The molecule has 0 saturated carbocycles. The second-order valence-corrected chi connectivity index (χ2v) is 10.1. The van der Waals surface area contributed by atoms with Crippen molar-refractivity contribution in [3.63, 3.8) is 0 Å². The molecule has 0 radical (unpaired) electrons. The molecule has 5 heteroatoms. The molecule has 1 aliphatic heterocycles. The van der Waals surface area contributed by atoms with E-state index in [4.69, 9.17) is 9.97 Å². The number of aryl methyl sites for hydroxylation is 2. The molecule has 1 N–H and O–H groups in total. The van der Waals surface area contributed by atoms with Crippen LogP contribution in [0.1, 0.15) is 28.3 Å². The van der Waals surface area contributed by atoms with E-state index >= 15 is 0 Å². The summed E-state index contributed by atoms with van der Waals surface area (Å²) in [5.41, 5.74) is 8.33. The van der Waals surface area contributed by atoms with E-state index in [-0.39, 0.29) is 6.04 Å². The normalized spacial score (nSPS) is 14.3. The van der Waals surface area contributed by atoms with Gasteiger partial charge in [-0.05, 0) is 71.5 Å². The number of hydrogen-bond donors (Lipinski definition) is 1. The van der Waals surface area contributed by atoms with Crippen LogP contribution in [0.2, 0.25) is 0 Å². The van der Waals surface area contributed by atoms with Crippen molar-refractivity contribution in [2.75, 3.05) is 31.1 Å². The molecule has 0 aliphatic carbocycles. The molecule has 38 heavy (non-hydrogen) atoms. The van der Waals surface area contributed by atoms with Crippen LogP contribution in [-0.4, -0.2) is 46.2 Å². The lowest BCUT2D eigenvalue weighted by molar-refractivity contribution is 0.212. The summed E-state index contributed by atoms with van der Waals surface area (Å²) in [4.78, 5) is 14.7. The van der Waals surface area contributed by atoms with Gasteiger partial charge in [0.05, 0.1) is 23.3 Å². The van der Waals surface area contributed by atoms with Crippen LogP contribution in [0.25, 0.3) is 22.2 Å². The van der Waals surface area contributed by atoms with Crippen molar-refractivity contribution in [1.82, 2.24) is 14.9 Å². The van der Waals surface area contributed by atoms with Crippen LogP contribution in [0.3, 0.4) is 0 Å². The number of benzene rings is 4. The van der Waals surface area contributed by atoms with Crippen LogP contribution < -0.4 is 4.90 Å². The molecule has 1 aliphatic rings. The summed E-state index contributed by atoms with van der Waals surface area (Å²) in [5, 5.41) is 10.2. The summed E-state index contributed by atoms with van der Waals surface area (Å²) in [6.07, 6.45) is 1.90. The first-order valence-corrected chi connectivity index (χ1v) is 13.2. The number of aromatic nitrogens is 2. The van der Waals surface area contributed by atoms with Gasteiger partial charge in [0.2, 0.25) is 0 Å². The van der Waals surface area contributed by atoms with Crippen LogP contribution in [0.15, 0.2) is 97.2 Å². The fraction of sp³-hybridized carbons (Fsp3) is 0.212. The molecule has 5 nitrogen and oxygen atoms in total. The highest BCUT2D eigenvalue weighted by Crippen LogP contribution is 2.32. The molecular weight excluding hydrogens is 468 g/mol. The maximum atomic E-state index is 10.2. The minimum absolute atomic E-state index is 0.238. The molecule has 1 fully saturated rings. The average molecular weight is 501 g/mol. The van der Waals surface area contributed by atoms with E-state index in [1.165, 1.54) is 11.1 Å². The highest BCUT2D eigenvalue weighted by Gasteiger charge is 2.27. The SMILES string of the molecule is Cc1cc(-c2ccc3ncc(N4CCN(C(c5ccccc5)c5ccccc5)CC4)nc3c2)cc(C)c1O. The fourth-order valence-electron chi connectivity index (χ4n) is 5.55. The number of anilines is 1. The monoisotopic (exact) mass is 500 g/mol. The van der Waals surface area contributed by atoms with Gasteiger partial charge in [-0.15, -0.1) is 0 Å². The molecule has 2 heterocycles. The summed E-state index contributed by atoms with van der Waals surface area (Å²) >= 11 is 0. The molecule has 0 unspecified atom stereocenters. The molecule has 1 saturated heterocycles. The van der Waals surface area contributed by atoms with Crippen molar-refractivity contribution in [2.45, 2.75) is 19.9 Å². The Hall–Kier alpha value is -4.22. The third kappa shape index (κ3) is 4.73. The van der Waals surface area contributed by atoms with Crippen molar-refractivity contribution >= 4 is 16.9 Å². The van der Waals surface area contributed by atoms with E-state index < -0.39 is 0 Å². The van der Waals surface area contributed by atoms with Gasteiger partial charge in [0, 0.05) is 26.2 Å². The van der Waals surface area contributed by atoms with Crippen molar-refractivity contribution in [3.05, 3.63) is 119 Å². The summed E-state index contributed by atoms with van der Waals surface area (Å²) in [6.45, 7) is 7.55. The number of phenols is 1. The standard InChI is InChI=1S/C33H32N4O/c1-23-19-28(20-24(2)33(23)38)27-13-14-29-30(21-27)35-31(22-34-29)36-15-17-37(18-16-36)32(25-9-5-3-6-10-25)26-11-7-4-8-12-26/h3-14,19-22,32,38H,15-18H2,1-2H3. The lowest BCUT2D eigenvalue weighted by atomic mass is 9.96. The molecule has 5 aromatic rings. The van der Waals surface area contributed by atoms with Gasteiger partial charge >= 0.3 is 0 Å². The predicted molar refractivity (Wildman–Crippen MR) is 155 cm³/mol. The second kappa shape index (κ2) is 10.3. The van der Waals surface area contributed by atoms with Crippen molar-refractivity contribution in [2.24, 2.45) is 0 Å². The van der Waals surface area contributed by atoms with E-state index in [1.54, 1.807) is 0 Å². The van der Waals surface area contributed by atoms with Crippen LogP contribution in [0.4, 0.5) is 5.82 Å². The van der Waals surface area contributed by atoms with Gasteiger partial charge in [-0.1, -0.05) is 66.7 Å². The third-order valence-corrected chi connectivity index (χ3v) is 7.59. The van der Waals surface area contributed by atoms with Gasteiger partial charge in [0.15, 0.2) is 0 Å². The first-order valence-electron chi connectivity index (χ1n) is 13.2. The van der Waals surface area contributed by atoms with Crippen molar-refractivity contribution < 1.29 is 5.11 Å². The summed E-state index contributed by atoms with van der Waals surface area (Å²) in [5.74, 6) is 1.28. The Morgan fingerprint density at radius 1 is 0.684 bits per heavy atom. The average Bonchev–Trinajstić information content (AvgIpc) is 2.97. The zero-order chi connectivity index (χ0) is 26.1. The Balaban J connectivity index is 1.24. The Kier molecular flexibility index (Phi) is 6.52. The van der Waals surface area contributed by atoms with Gasteiger partial charge in [-0.2, -0.15) is 0 Å². The highest BCUT2D eigenvalue weighted by atomic mass is 16.3. The van der Waals surface area contributed by atoms with E-state index in [9.17, 15) is 5.11 Å². The Morgan fingerprint density at radius 2 is 1.29 bits per heavy atom. The number of hydrogen-bond acceptors (Lipinski definition) is 5. The molecule has 190 valence electrons. The number of phenolic OH excluding ortho intramolecular Hbond substituents is 1. The first kappa shape index (κ1) is 24.1. The van der Waals surface area contributed by atoms with E-state index in [0.29, 0.717) is 5.75 Å². The van der Waals surface area contributed by atoms with Gasteiger partial charge in [-0.3, -0.25) is 9.88 Å². The van der Waals surface area contributed by atoms with Crippen LogP contribution in [0.5, 0.6) is 5.75 Å². The number of rotatable bonds is 5. The van der Waals surface area contributed by atoms with Crippen molar-refractivity contribution in [3.8, 4) is 16.9 Å². The quantitative estimate of drug-likeness (QED) is 0.297. The molecule has 0 spiro atoms. The van der Waals surface area contributed by atoms with Crippen molar-refractivity contribution in [1.29, 1.82) is 0 Å². The van der Waals surface area contributed by atoms with E-state index in [2.05, 4.69) is 82.6 Å². The molecule has 6 rings (SSSR count). The van der Waals surface area contributed by atoms with Gasteiger partial charge in [0.1, 0.15) is 11.6 Å². The van der Waals surface area contributed by atoms with Gasteiger partial charge in [-0.25, -0.2) is 4.98 Å². The lowest BCUT2D eigenvalue weighted by Gasteiger charge is -2.40. The van der Waals surface area contributed by atoms with Gasteiger partial charge in [0.25, 0.3) is 0 Å². The summed E-state index contributed by atoms with van der Waals surface area (Å²) < 4.78 is 0. The highest BCUT2D eigenvalue weighted by molar-refractivity contribution is 5.82. The number of fused-ring (bicyclic) bond motifs is 1. The molecule has 1 aromatic heterocycles. The Morgan fingerprint density at radius 3 is 1.89 bits per heavy atom. The third-order valence-electron chi connectivity index (χ3n) is 7.59. The number of aromatic hydroxyl groups is 1. The maximum Gasteiger partial charge on any atom is 0.147 e. The largest absolute Gasteiger partial charge is 0.507 e. The zero-order valence-corrected chi connectivity index (χ0v) is 21.9. The second-order valence-electron chi connectivity index (χ2n) is 10.1. The molecular formula is C33H32N4O. The minimum atomic E-state index is 0.238.